The van der Waals surface area contributed by atoms with Gasteiger partial charge in [-0.15, -0.1) is 0 Å². The van der Waals surface area contributed by atoms with Gasteiger partial charge in [-0.1, -0.05) is 63.6 Å². The molecule has 1 N–H and O–H groups in total. The van der Waals surface area contributed by atoms with Crippen LogP contribution in [0.1, 0.15) is 83.6 Å². The van der Waals surface area contributed by atoms with Crippen LogP contribution in [0.4, 0.5) is 0 Å². The molecule has 25 heavy (non-hydrogen) atoms. The van der Waals surface area contributed by atoms with Crippen molar-refractivity contribution in [1.82, 2.24) is 5.32 Å². The molecule has 0 saturated heterocycles. The molecule has 2 heteroatoms. The molecule has 0 heterocycles. The largest absolute Gasteiger partial charge is 0.490 e. The molecule has 3 atom stereocenters. The normalized spacial score (nSPS) is 26.3. The first-order valence-corrected chi connectivity index (χ1v) is 10.7. The van der Waals surface area contributed by atoms with E-state index in [1.165, 1.54) is 69.8 Å². The van der Waals surface area contributed by atoms with Crippen molar-refractivity contribution in [3.63, 3.8) is 0 Å². The second-order valence-electron chi connectivity index (χ2n) is 8.64. The van der Waals surface area contributed by atoms with Crippen molar-refractivity contribution in [3.05, 3.63) is 29.8 Å². The van der Waals surface area contributed by atoms with Gasteiger partial charge in [0.05, 0.1) is 6.10 Å². The van der Waals surface area contributed by atoms with Crippen LogP contribution >= 0.6 is 0 Å². The van der Waals surface area contributed by atoms with E-state index in [9.17, 15) is 0 Å². The quantitative estimate of drug-likeness (QED) is 0.646. The fourth-order valence-corrected chi connectivity index (χ4v) is 4.72. The highest BCUT2D eigenvalue weighted by Gasteiger charge is 2.21. The minimum atomic E-state index is 0.407. The first-order valence-electron chi connectivity index (χ1n) is 10.7. The third-order valence-corrected chi connectivity index (χ3v) is 6.21. The Balaban J connectivity index is 1.50. The van der Waals surface area contributed by atoms with E-state index in [-0.39, 0.29) is 0 Å². The molecule has 2 aliphatic rings. The summed E-state index contributed by atoms with van der Waals surface area (Å²) < 4.78 is 6.40. The lowest BCUT2D eigenvalue weighted by molar-refractivity contribution is 0.128. The molecule has 3 unspecified atom stereocenters. The Kier molecular flexibility index (Phi) is 7.22. The van der Waals surface area contributed by atoms with Crippen molar-refractivity contribution in [3.8, 4) is 5.75 Å². The summed E-state index contributed by atoms with van der Waals surface area (Å²) >= 11 is 0. The lowest BCUT2D eigenvalue weighted by atomic mass is 9.85. The fraction of sp³-hybridized carbons (Fsp3) is 0.739. The molecule has 2 aliphatic carbocycles. The molecule has 2 fully saturated rings. The maximum Gasteiger partial charge on any atom is 0.124 e. The van der Waals surface area contributed by atoms with Crippen molar-refractivity contribution in [2.24, 2.45) is 11.8 Å². The molecule has 0 amide bonds. The van der Waals surface area contributed by atoms with E-state index >= 15 is 0 Å². The number of rotatable bonds is 7. The highest BCUT2D eigenvalue weighted by Crippen LogP contribution is 2.30. The van der Waals surface area contributed by atoms with Gasteiger partial charge in [0, 0.05) is 18.2 Å². The van der Waals surface area contributed by atoms with Crippen molar-refractivity contribution >= 4 is 0 Å². The monoisotopic (exact) mass is 343 g/mol. The van der Waals surface area contributed by atoms with Gasteiger partial charge in [-0.05, 0) is 50.5 Å². The second-order valence-corrected chi connectivity index (χ2v) is 8.64. The molecular formula is C23H37NO. The van der Waals surface area contributed by atoms with Gasteiger partial charge < -0.3 is 10.1 Å². The number of hydrogen-bond donors (Lipinski definition) is 1. The van der Waals surface area contributed by atoms with E-state index in [4.69, 9.17) is 4.74 Å². The molecular weight excluding hydrogens is 306 g/mol. The average Bonchev–Trinajstić information content (AvgIpc) is 2.62. The van der Waals surface area contributed by atoms with E-state index in [2.05, 4.69) is 43.4 Å². The maximum absolute atomic E-state index is 6.40. The Morgan fingerprint density at radius 2 is 1.84 bits per heavy atom. The van der Waals surface area contributed by atoms with Crippen LogP contribution in [0.2, 0.25) is 0 Å². The van der Waals surface area contributed by atoms with E-state index < -0.39 is 0 Å². The fourth-order valence-electron chi connectivity index (χ4n) is 4.72. The third kappa shape index (κ3) is 6.02. The van der Waals surface area contributed by atoms with Crippen LogP contribution in [0, 0.1) is 11.8 Å². The number of para-hydroxylation sites is 1. The summed E-state index contributed by atoms with van der Waals surface area (Å²) in [6, 6.07) is 9.21. The predicted octanol–water partition coefficient (Wildman–Crippen LogP) is 6.09. The Bertz CT molecular complexity index is 509. The van der Waals surface area contributed by atoms with Crippen molar-refractivity contribution in [2.75, 3.05) is 0 Å². The van der Waals surface area contributed by atoms with Gasteiger partial charge in [-0.2, -0.15) is 0 Å². The highest BCUT2D eigenvalue weighted by molar-refractivity contribution is 5.33. The Morgan fingerprint density at radius 1 is 1.04 bits per heavy atom. The Hall–Kier alpha value is -1.02. The SMILES string of the molecule is CC1CCCC(Oc2ccccc2CNC(C)CC2CCCCC2)C1. The molecule has 0 bridgehead atoms. The minimum absolute atomic E-state index is 0.407. The van der Waals surface area contributed by atoms with E-state index in [1.807, 2.05) is 0 Å². The van der Waals surface area contributed by atoms with Crippen LogP contribution in [0.5, 0.6) is 5.75 Å². The molecule has 140 valence electrons. The molecule has 0 radical (unpaired) electrons. The zero-order valence-electron chi connectivity index (χ0n) is 16.3. The number of ether oxygens (including phenoxy) is 1. The summed E-state index contributed by atoms with van der Waals surface area (Å²) in [6.45, 7) is 5.63. The van der Waals surface area contributed by atoms with Crippen molar-refractivity contribution in [2.45, 2.75) is 96.7 Å². The summed E-state index contributed by atoms with van der Waals surface area (Å²) in [5.41, 5.74) is 1.32. The molecule has 0 aliphatic heterocycles. The maximum atomic E-state index is 6.40. The third-order valence-electron chi connectivity index (χ3n) is 6.21. The molecule has 0 aromatic heterocycles. The smallest absolute Gasteiger partial charge is 0.124 e. The average molecular weight is 344 g/mol. The zero-order valence-corrected chi connectivity index (χ0v) is 16.3. The van der Waals surface area contributed by atoms with Gasteiger partial charge in [0.25, 0.3) is 0 Å². The summed E-state index contributed by atoms with van der Waals surface area (Å²) in [7, 11) is 0. The minimum Gasteiger partial charge on any atom is -0.490 e. The van der Waals surface area contributed by atoms with Gasteiger partial charge in [0.15, 0.2) is 0 Å². The molecule has 3 rings (SSSR count). The summed E-state index contributed by atoms with van der Waals surface area (Å²) in [5, 5.41) is 3.75. The number of benzene rings is 1. The van der Waals surface area contributed by atoms with Crippen LogP contribution in [-0.2, 0) is 6.54 Å². The standard InChI is InChI=1S/C23H37NO/c1-18-9-8-13-22(15-18)25-23-14-7-6-12-21(23)17-24-19(2)16-20-10-4-3-5-11-20/h6-7,12,14,18-20,22,24H,3-5,8-11,13,15-17H2,1-2H3. The lowest BCUT2D eigenvalue weighted by Crippen LogP contribution is -2.29. The Labute approximate surface area is 154 Å². The molecule has 2 saturated carbocycles. The first kappa shape index (κ1) is 18.8. The summed E-state index contributed by atoms with van der Waals surface area (Å²) in [4.78, 5) is 0. The van der Waals surface area contributed by atoms with Gasteiger partial charge >= 0.3 is 0 Å². The Morgan fingerprint density at radius 3 is 2.64 bits per heavy atom. The predicted molar refractivity (Wildman–Crippen MR) is 106 cm³/mol. The van der Waals surface area contributed by atoms with Gasteiger partial charge in [-0.3, -0.25) is 0 Å². The van der Waals surface area contributed by atoms with Crippen molar-refractivity contribution in [1.29, 1.82) is 0 Å². The van der Waals surface area contributed by atoms with Crippen LogP contribution < -0.4 is 10.1 Å². The van der Waals surface area contributed by atoms with E-state index in [0.29, 0.717) is 12.1 Å². The number of nitrogens with one attached hydrogen (secondary N) is 1. The van der Waals surface area contributed by atoms with Gasteiger partial charge in [-0.25, -0.2) is 0 Å². The molecule has 1 aromatic carbocycles. The second kappa shape index (κ2) is 9.62. The van der Waals surface area contributed by atoms with Crippen LogP contribution in [0.25, 0.3) is 0 Å². The topological polar surface area (TPSA) is 21.3 Å². The number of hydrogen-bond acceptors (Lipinski definition) is 2. The lowest BCUT2D eigenvalue weighted by Gasteiger charge is -2.28. The first-order chi connectivity index (χ1) is 12.2. The van der Waals surface area contributed by atoms with Crippen LogP contribution in [-0.4, -0.2) is 12.1 Å². The highest BCUT2D eigenvalue weighted by atomic mass is 16.5. The summed E-state index contributed by atoms with van der Waals surface area (Å²) in [5.74, 6) is 2.84. The van der Waals surface area contributed by atoms with Gasteiger partial charge in [0.1, 0.15) is 5.75 Å². The molecule has 0 spiro atoms. The molecule has 2 nitrogen and oxygen atoms in total. The van der Waals surface area contributed by atoms with Gasteiger partial charge in [0.2, 0.25) is 0 Å². The van der Waals surface area contributed by atoms with Crippen LogP contribution in [0.15, 0.2) is 24.3 Å². The van der Waals surface area contributed by atoms with Crippen molar-refractivity contribution < 1.29 is 4.74 Å². The zero-order chi connectivity index (χ0) is 17.5. The molecule has 1 aromatic rings. The van der Waals surface area contributed by atoms with E-state index in [1.54, 1.807) is 0 Å². The van der Waals surface area contributed by atoms with Crippen LogP contribution in [0.3, 0.4) is 0 Å². The summed E-state index contributed by atoms with van der Waals surface area (Å²) in [6.07, 6.45) is 14.0. The van der Waals surface area contributed by atoms with E-state index in [0.717, 1.165) is 24.1 Å².